The normalized spacial score (nSPS) is 10.6. The van der Waals surface area contributed by atoms with E-state index in [-0.39, 0.29) is 11.9 Å². The second-order valence-corrected chi connectivity index (χ2v) is 4.33. The van der Waals surface area contributed by atoms with Gasteiger partial charge in [0.05, 0.1) is 0 Å². The maximum atomic E-state index is 10.4. The molecular formula is C14H22N4O4. The summed E-state index contributed by atoms with van der Waals surface area (Å²) in [4.78, 5) is 20.6. The van der Waals surface area contributed by atoms with Crippen molar-refractivity contribution < 1.29 is 19.4 Å². The number of hydrogen-bond donors (Lipinski definition) is 5. The molecule has 1 atom stereocenters. The van der Waals surface area contributed by atoms with E-state index < -0.39 is 12.0 Å². The van der Waals surface area contributed by atoms with Crippen molar-refractivity contribution in [2.45, 2.75) is 25.8 Å². The molecule has 122 valence electrons. The number of carboxylic acids is 1. The molecule has 8 heteroatoms. The Morgan fingerprint density at radius 2 is 1.95 bits per heavy atom. The molecule has 0 aliphatic rings. The minimum atomic E-state index is -1.00. The van der Waals surface area contributed by atoms with Gasteiger partial charge in [-0.1, -0.05) is 18.2 Å². The largest absolute Gasteiger partial charge is 0.480 e. The van der Waals surface area contributed by atoms with Crippen LogP contribution in [0.4, 0.5) is 0 Å². The molecule has 0 aliphatic heterocycles. The van der Waals surface area contributed by atoms with Crippen LogP contribution in [0.5, 0.6) is 5.75 Å². The van der Waals surface area contributed by atoms with Gasteiger partial charge in [0.1, 0.15) is 11.8 Å². The number of nitrogens with one attached hydrogen (secondary N) is 2. The average Bonchev–Trinajstić information content (AvgIpc) is 2.44. The Balaban J connectivity index is 0.000000406. The lowest BCUT2D eigenvalue weighted by atomic mass is 10.2. The van der Waals surface area contributed by atoms with E-state index in [1.54, 1.807) is 12.1 Å². The number of rotatable bonds is 6. The molecule has 1 rings (SSSR count). The van der Waals surface area contributed by atoms with Gasteiger partial charge < -0.3 is 26.6 Å². The maximum Gasteiger partial charge on any atom is 0.320 e. The van der Waals surface area contributed by atoms with Crippen LogP contribution in [0.15, 0.2) is 30.3 Å². The van der Waals surface area contributed by atoms with Gasteiger partial charge in [-0.15, -0.1) is 0 Å². The summed E-state index contributed by atoms with van der Waals surface area (Å²) in [5.74, 6) is -0.807. The number of para-hydroxylation sites is 1. The Morgan fingerprint density at radius 1 is 1.36 bits per heavy atom. The highest BCUT2D eigenvalue weighted by molar-refractivity contribution is 5.74. The third kappa shape index (κ3) is 11.2. The Morgan fingerprint density at radius 3 is 2.41 bits per heavy atom. The number of carbonyl (C=O) groups excluding carboxylic acids is 1. The molecule has 1 aromatic rings. The molecular weight excluding hydrogens is 288 g/mol. The molecule has 1 unspecified atom stereocenters. The fraction of sp³-hybridized carbons (Fsp3) is 0.357. The van der Waals surface area contributed by atoms with Crippen LogP contribution in [-0.2, 0) is 9.59 Å². The van der Waals surface area contributed by atoms with Gasteiger partial charge in [0.25, 0.3) is 0 Å². The molecule has 1 aromatic carbocycles. The summed E-state index contributed by atoms with van der Waals surface area (Å²) >= 11 is 0. The number of ether oxygens (including phenoxy) is 1. The van der Waals surface area contributed by atoms with Crippen molar-refractivity contribution >= 4 is 17.9 Å². The minimum Gasteiger partial charge on any atom is -0.480 e. The van der Waals surface area contributed by atoms with Crippen LogP contribution in [0.25, 0.3) is 0 Å². The highest BCUT2D eigenvalue weighted by Crippen LogP contribution is 2.07. The van der Waals surface area contributed by atoms with Crippen LogP contribution in [-0.4, -0.2) is 35.6 Å². The van der Waals surface area contributed by atoms with Gasteiger partial charge in [-0.3, -0.25) is 15.0 Å². The molecule has 22 heavy (non-hydrogen) atoms. The van der Waals surface area contributed by atoms with Crippen molar-refractivity contribution in [3.05, 3.63) is 30.3 Å². The number of aliphatic carboxylic acids is 1. The zero-order chi connectivity index (χ0) is 17.0. The standard InChI is InChI=1S/C8H8O2.C6H14N4O2/c1-7(9)10-8-5-3-2-4-6-8;7-4(5(11)12)2-1-3-10-6(8)9/h2-6H,1H3;4H,1-3,7H2,(H,11,12)(H4,8,9,10). The smallest absolute Gasteiger partial charge is 0.320 e. The van der Waals surface area contributed by atoms with Crippen molar-refractivity contribution in [3.8, 4) is 5.75 Å². The Hall–Kier alpha value is -2.61. The minimum absolute atomic E-state index is 0.112. The van der Waals surface area contributed by atoms with E-state index in [4.69, 9.17) is 26.7 Å². The quantitative estimate of drug-likeness (QED) is 0.166. The third-order valence-corrected chi connectivity index (χ3v) is 2.33. The van der Waals surface area contributed by atoms with Crippen molar-refractivity contribution in [2.24, 2.45) is 11.5 Å². The summed E-state index contributed by atoms with van der Waals surface area (Å²) < 4.78 is 4.78. The average molecular weight is 310 g/mol. The number of nitrogens with two attached hydrogens (primary N) is 2. The van der Waals surface area contributed by atoms with Gasteiger partial charge in [0.2, 0.25) is 0 Å². The molecule has 7 N–H and O–H groups in total. The summed E-state index contributed by atoms with van der Waals surface area (Å²) in [6.45, 7) is 1.86. The molecule has 0 fully saturated rings. The molecule has 0 bridgehead atoms. The molecule has 0 saturated heterocycles. The molecule has 0 radical (unpaired) electrons. The van der Waals surface area contributed by atoms with Crippen LogP contribution in [0.3, 0.4) is 0 Å². The molecule has 8 nitrogen and oxygen atoms in total. The van der Waals surface area contributed by atoms with Crippen LogP contribution < -0.4 is 21.5 Å². The third-order valence-electron chi connectivity index (χ3n) is 2.33. The van der Waals surface area contributed by atoms with Crippen molar-refractivity contribution in [1.82, 2.24) is 5.32 Å². The summed E-state index contributed by atoms with van der Waals surface area (Å²) in [7, 11) is 0. The number of esters is 1. The van der Waals surface area contributed by atoms with Gasteiger partial charge in [0, 0.05) is 13.5 Å². The highest BCUT2D eigenvalue weighted by Gasteiger charge is 2.09. The Kier molecular flexibility index (Phi) is 9.78. The molecule has 0 aromatic heterocycles. The molecule has 0 heterocycles. The maximum absolute atomic E-state index is 10.4. The monoisotopic (exact) mass is 310 g/mol. The number of benzene rings is 1. The highest BCUT2D eigenvalue weighted by atomic mass is 16.5. The van der Waals surface area contributed by atoms with Crippen molar-refractivity contribution in [1.29, 1.82) is 5.41 Å². The summed E-state index contributed by atoms with van der Waals surface area (Å²) in [5.41, 5.74) is 10.2. The molecule has 0 aliphatic carbocycles. The van der Waals surface area contributed by atoms with E-state index in [9.17, 15) is 9.59 Å². The predicted molar refractivity (Wildman–Crippen MR) is 82.5 cm³/mol. The van der Waals surface area contributed by atoms with E-state index in [1.807, 2.05) is 18.2 Å². The number of guanidine groups is 1. The first-order chi connectivity index (χ1) is 10.3. The zero-order valence-electron chi connectivity index (χ0n) is 12.4. The number of carbonyl (C=O) groups is 2. The van der Waals surface area contributed by atoms with E-state index >= 15 is 0 Å². The Bertz CT molecular complexity index is 479. The summed E-state index contributed by atoms with van der Waals surface area (Å²) in [6.07, 6.45) is 0.975. The molecule has 0 amide bonds. The van der Waals surface area contributed by atoms with E-state index in [0.29, 0.717) is 25.1 Å². The Labute approximate surface area is 129 Å². The lowest BCUT2D eigenvalue weighted by Gasteiger charge is -2.06. The van der Waals surface area contributed by atoms with Gasteiger partial charge in [-0.2, -0.15) is 0 Å². The first kappa shape index (κ1) is 19.4. The van der Waals surface area contributed by atoms with E-state index in [2.05, 4.69) is 5.32 Å². The summed E-state index contributed by atoms with van der Waals surface area (Å²) in [6, 6.07) is 8.16. The first-order valence-electron chi connectivity index (χ1n) is 6.62. The fourth-order valence-corrected chi connectivity index (χ4v) is 1.32. The van der Waals surface area contributed by atoms with Gasteiger partial charge in [-0.25, -0.2) is 0 Å². The first-order valence-corrected chi connectivity index (χ1v) is 6.62. The lowest BCUT2D eigenvalue weighted by Crippen LogP contribution is -2.34. The second-order valence-electron chi connectivity index (χ2n) is 4.33. The van der Waals surface area contributed by atoms with Gasteiger partial charge in [0.15, 0.2) is 5.96 Å². The topological polar surface area (TPSA) is 152 Å². The van der Waals surface area contributed by atoms with Crippen LogP contribution in [0, 0.1) is 5.41 Å². The zero-order valence-corrected chi connectivity index (χ0v) is 12.4. The lowest BCUT2D eigenvalue weighted by molar-refractivity contribution is -0.138. The predicted octanol–water partition coefficient (Wildman–Crippen LogP) is 0.273. The second kappa shape index (κ2) is 11.1. The van der Waals surface area contributed by atoms with Crippen LogP contribution in [0.2, 0.25) is 0 Å². The van der Waals surface area contributed by atoms with Crippen molar-refractivity contribution in [3.63, 3.8) is 0 Å². The van der Waals surface area contributed by atoms with Gasteiger partial charge in [-0.05, 0) is 25.0 Å². The van der Waals surface area contributed by atoms with Crippen molar-refractivity contribution in [2.75, 3.05) is 6.54 Å². The molecule has 0 saturated carbocycles. The van der Waals surface area contributed by atoms with E-state index in [0.717, 1.165) is 0 Å². The molecule has 0 spiro atoms. The summed E-state index contributed by atoms with van der Waals surface area (Å²) in [5, 5.41) is 17.7. The van der Waals surface area contributed by atoms with E-state index in [1.165, 1.54) is 6.92 Å². The fourth-order valence-electron chi connectivity index (χ4n) is 1.32. The number of hydrogen-bond acceptors (Lipinski definition) is 5. The van der Waals surface area contributed by atoms with Gasteiger partial charge >= 0.3 is 11.9 Å². The number of carboxylic acid groups (broad SMARTS) is 1. The van der Waals surface area contributed by atoms with Crippen LogP contribution in [0.1, 0.15) is 19.8 Å². The SMILES string of the molecule is CC(=O)Oc1ccccc1.N=C(N)NCCCC(N)C(=O)O. The van der Waals surface area contributed by atoms with Crippen LogP contribution >= 0.6 is 0 Å².